The number of anilines is 1. The largest absolute Gasteiger partial charge is 0.456 e. The second kappa shape index (κ2) is 13.5. The zero-order valence-corrected chi connectivity index (χ0v) is 26.6. The molecule has 14 heteroatoms. The van der Waals surface area contributed by atoms with Crippen LogP contribution in [-0.2, 0) is 23.7 Å². The zero-order chi connectivity index (χ0) is 34.7. The lowest BCUT2D eigenvalue weighted by Crippen LogP contribution is -2.52. The number of nitrogens with one attached hydrogen (secondary N) is 2. The standard InChI is InChI=1S/C35H31N5O9/c1-20(46-30(43)22-13-7-4-8-14-22)26-27(48-31(44)23-15-9-5-10-16-23)35(3,49-32(45)24-17-11-6-12-18-24)33(47-26)40-19-36-25-28(40)38-34(37-21(2)41)39-29(25)42/h4-20,26-27,33H,1-3H3,(H2,37,38,39,41,42). The van der Waals surface area contributed by atoms with Gasteiger partial charge < -0.3 is 18.9 Å². The predicted molar refractivity (Wildman–Crippen MR) is 174 cm³/mol. The Morgan fingerprint density at radius 3 is 2.00 bits per heavy atom. The topological polar surface area (TPSA) is 181 Å². The number of nitrogens with zero attached hydrogens (tertiary/aromatic N) is 3. The van der Waals surface area contributed by atoms with Crippen LogP contribution >= 0.6 is 0 Å². The highest BCUT2D eigenvalue weighted by molar-refractivity contribution is 5.91. The molecule has 49 heavy (non-hydrogen) atoms. The zero-order valence-electron chi connectivity index (χ0n) is 26.6. The minimum absolute atomic E-state index is 0.0396. The average Bonchev–Trinajstić information content (AvgIpc) is 3.64. The van der Waals surface area contributed by atoms with Crippen LogP contribution in [0.1, 0.15) is 58.1 Å². The van der Waals surface area contributed by atoms with Gasteiger partial charge in [-0.15, -0.1) is 0 Å². The highest BCUT2D eigenvalue weighted by Gasteiger charge is 2.62. The van der Waals surface area contributed by atoms with Gasteiger partial charge in [0.25, 0.3) is 5.56 Å². The number of carbonyl (C=O) groups excluding carboxylic acids is 4. The molecule has 0 bridgehead atoms. The molecule has 250 valence electrons. The first-order valence-corrected chi connectivity index (χ1v) is 15.3. The van der Waals surface area contributed by atoms with E-state index < -0.39 is 59.5 Å². The molecule has 1 saturated heterocycles. The third kappa shape index (κ3) is 6.67. The number of aromatic nitrogens is 4. The first kappa shape index (κ1) is 32.8. The summed E-state index contributed by atoms with van der Waals surface area (Å²) in [4.78, 5) is 76.3. The van der Waals surface area contributed by atoms with E-state index in [4.69, 9.17) is 18.9 Å². The summed E-state index contributed by atoms with van der Waals surface area (Å²) in [5, 5.41) is 2.44. The molecule has 0 saturated carbocycles. The van der Waals surface area contributed by atoms with Crippen LogP contribution in [0.4, 0.5) is 5.95 Å². The summed E-state index contributed by atoms with van der Waals surface area (Å²) in [6, 6.07) is 24.6. The van der Waals surface area contributed by atoms with Crippen molar-refractivity contribution in [2.45, 2.75) is 50.9 Å². The van der Waals surface area contributed by atoms with E-state index in [0.29, 0.717) is 0 Å². The molecule has 2 aromatic heterocycles. The Kier molecular flexibility index (Phi) is 9.05. The smallest absolute Gasteiger partial charge is 0.338 e. The van der Waals surface area contributed by atoms with Crippen molar-refractivity contribution >= 4 is 40.9 Å². The van der Waals surface area contributed by atoms with E-state index in [1.54, 1.807) is 97.9 Å². The van der Waals surface area contributed by atoms with Crippen LogP contribution in [0.15, 0.2) is 102 Å². The molecule has 1 amide bonds. The van der Waals surface area contributed by atoms with Crippen molar-refractivity contribution in [1.29, 1.82) is 0 Å². The number of esters is 3. The second-order valence-corrected chi connectivity index (χ2v) is 11.5. The molecule has 1 fully saturated rings. The van der Waals surface area contributed by atoms with Crippen molar-refractivity contribution in [1.82, 2.24) is 19.5 Å². The molecule has 0 aliphatic carbocycles. The van der Waals surface area contributed by atoms with Gasteiger partial charge >= 0.3 is 17.9 Å². The van der Waals surface area contributed by atoms with E-state index in [0.717, 1.165) is 0 Å². The Morgan fingerprint density at radius 2 is 1.43 bits per heavy atom. The van der Waals surface area contributed by atoms with E-state index in [1.165, 1.54) is 24.7 Å². The molecule has 5 aromatic rings. The van der Waals surface area contributed by atoms with Crippen molar-refractivity contribution in [3.05, 3.63) is 124 Å². The molecular formula is C35H31N5O9. The molecule has 6 rings (SSSR count). The fourth-order valence-electron chi connectivity index (χ4n) is 5.61. The SMILES string of the molecule is CC(=O)Nc1nc2c(ncn2C2OC(C(C)OC(=O)c3ccccc3)C(OC(=O)c3ccccc3)C2(C)OC(=O)c2ccccc2)c(=O)[nH]1. The van der Waals surface area contributed by atoms with Gasteiger partial charge in [0.1, 0.15) is 12.2 Å². The van der Waals surface area contributed by atoms with Gasteiger partial charge in [-0.05, 0) is 50.2 Å². The van der Waals surface area contributed by atoms with Crippen LogP contribution in [0.3, 0.4) is 0 Å². The average molecular weight is 666 g/mol. The highest BCUT2D eigenvalue weighted by atomic mass is 16.7. The number of hydrogen-bond acceptors (Lipinski definition) is 11. The van der Waals surface area contributed by atoms with E-state index in [9.17, 15) is 24.0 Å². The number of aromatic amines is 1. The van der Waals surface area contributed by atoms with Crippen molar-refractivity contribution in [3.8, 4) is 0 Å². The molecule has 0 radical (unpaired) electrons. The summed E-state index contributed by atoms with van der Waals surface area (Å²) in [6.07, 6.45) is -3.81. The van der Waals surface area contributed by atoms with E-state index in [2.05, 4.69) is 20.3 Å². The summed E-state index contributed by atoms with van der Waals surface area (Å²) in [5.74, 6) is -2.86. The molecule has 3 heterocycles. The Morgan fingerprint density at radius 1 is 0.878 bits per heavy atom. The van der Waals surface area contributed by atoms with Crippen LogP contribution in [0.25, 0.3) is 11.2 Å². The highest BCUT2D eigenvalue weighted by Crippen LogP contribution is 2.46. The second-order valence-electron chi connectivity index (χ2n) is 11.5. The molecule has 14 nitrogen and oxygen atoms in total. The molecule has 1 aliphatic rings. The van der Waals surface area contributed by atoms with Crippen LogP contribution in [0.2, 0.25) is 0 Å². The van der Waals surface area contributed by atoms with Gasteiger partial charge in [-0.1, -0.05) is 54.6 Å². The lowest BCUT2D eigenvalue weighted by molar-refractivity contribution is -0.114. The quantitative estimate of drug-likeness (QED) is 0.171. The maximum absolute atomic E-state index is 13.7. The number of imidazole rings is 1. The fourth-order valence-corrected chi connectivity index (χ4v) is 5.61. The van der Waals surface area contributed by atoms with Gasteiger partial charge in [-0.3, -0.25) is 24.5 Å². The number of ether oxygens (including phenoxy) is 4. The number of hydrogen-bond donors (Lipinski definition) is 2. The maximum atomic E-state index is 13.7. The van der Waals surface area contributed by atoms with Crippen LogP contribution in [0.5, 0.6) is 0 Å². The lowest BCUT2D eigenvalue weighted by atomic mass is 9.93. The maximum Gasteiger partial charge on any atom is 0.338 e. The normalized spacial score (nSPS) is 20.7. The van der Waals surface area contributed by atoms with Crippen molar-refractivity contribution in [2.24, 2.45) is 0 Å². The summed E-state index contributed by atoms with van der Waals surface area (Å²) >= 11 is 0. The number of H-pyrrole nitrogens is 1. The van der Waals surface area contributed by atoms with Crippen molar-refractivity contribution in [3.63, 3.8) is 0 Å². The van der Waals surface area contributed by atoms with E-state index >= 15 is 0 Å². The number of amides is 1. The lowest BCUT2D eigenvalue weighted by Gasteiger charge is -2.35. The minimum Gasteiger partial charge on any atom is -0.456 e. The van der Waals surface area contributed by atoms with Crippen molar-refractivity contribution < 1.29 is 38.1 Å². The first-order chi connectivity index (χ1) is 23.5. The third-order valence-corrected chi connectivity index (χ3v) is 7.95. The third-order valence-electron chi connectivity index (χ3n) is 7.95. The minimum atomic E-state index is -1.86. The first-order valence-electron chi connectivity index (χ1n) is 15.3. The number of carbonyl (C=O) groups is 4. The number of rotatable bonds is 9. The van der Waals surface area contributed by atoms with Gasteiger partial charge in [-0.25, -0.2) is 19.4 Å². The molecule has 0 spiro atoms. The number of benzene rings is 3. The summed E-state index contributed by atoms with van der Waals surface area (Å²) < 4.78 is 26.0. The Bertz CT molecular complexity index is 2070. The predicted octanol–water partition coefficient (Wildman–Crippen LogP) is 4.06. The van der Waals surface area contributed by atoms with Gasteiger partial charge in [0.2, 0.25) is 11.9 Å². The fraction of sp³-hybridized carbons (Fsp3) is 0.229. The van der Waals surface area contributed by atoms with E-state index in [1.807, 2.05) is 0 Å². The van der Waals surface area contributed by atoms with Gasteiger partial charge in [0.15, 0.2) is 29.1 Å². The number of fused-ring (bicyclic) bond motifs is 1. The molecule has 2 N–H and O–H groups in total. The monoisotopic (exact) mass is 665 g/mol. The van der Waals surface area contributed by atoms with E-state index in [-0.39, 0.29) is 33.8 Å². The van der Waals surface area contributed by atoms with Crippen molar-refractivity contribution in [2.75, 3.05) is 5.32 Å². The molecule has 1 aliphatic heterocycles. The molecule has 5 unspecified atom stereocenters. The molecule has 3 aromatic carbocycles. The van der Waals surface area contributed by atoms with Crippen LogP contribution in [-0.4, -0.2) is 67.2 Å². The van der Waals surface area contributed by atoms with Gasteiger partial charge in [0, 0.05) is 6.92 Å². The Balaban J connectivity index is 1.47. The Labute approximate surface area is 279 Å². The summed E-state index contributed by atoms with van der Waals surface area (Å²) in [7, 11) is 0. The Hall–Kier alpha value is -6.15. The molecule has 5 atom stereocenters. The van der Waals surface area contributed by atoms with Crippen LogP contribution in [0, 0.1) is 0 Å². The van der Waals surface area contributed by atoms with Gasteiger partial charge in [-0.2, -0.15) is 4.98 Å². The molecular weight excluding hydrogens is 634 g/mol. The van der Waals surface area contributed by atoms with Gasteiger partial charge in [0.05, 0.1) is 23.0 Å². The summed E-state index contributed by atoms with van der Waals surface area (Å²) in [6.45, 7) is 4.30. The summed E-state index contributed by atoms with van der Waals surface area (Å²) in [5.41, 5.74) is -2.00. The van der Waals surface area contributed by atoms with Crippen LogP contribution < -0.4 is 10.9 Å².